The number of hydrogen-bond acceptors (Lipinski definition) is 5. The molecule has 0 bridgehead atoms. The molecule has 1 aliphatic carbocycles. The molecule has 1 atom stereocenters. The Bertz CT molecular complexity index is 758. The highest BCUT2D eigenvalue weighted by atomic mass is 35.5. The minimum absolute atomic E-state index is 0.1000. The number of aliphatic imine (C=N–C) groups is 1. The molecule has 0 aromatic heterocycles. The predicted molar refractivity (Wildman–Crippen MR) is 155 cm³/mol. The van der Waals surface area contributed by atoms with Crippen LogP contribution >= 0.6 is 11.6 Å². The Balaban J connectivity index is 0. The molecule has 1 unspecified atom stereocenters. The van der Waals surface area contributed by atoms with E-state index in [2.05, 4.69) is 39.6 Å². The van der Waals surface area contributed by atoms with Gasteiger partial charge in [-0.3, -0.25) is 14.7 Å². The van der Waals surface area contributed by atoms with Crippen LogP contribution in [-0.2, 0) is 4.79 Å². The molecule has 1 aliphatic heterocycles. The summed E-state index contributed by atoms with van der Waals surface area (Å²) in [7, 11) is 1.00. The highest BCUT2D eigenvalue weighted by Gasteiger charge is 2.30. The summed E-state index contributed by atoms with van der Waals surface area (Å²) in [4.78, 5) is 17.4. The molecule has 10 heteroatoms. The van der Waals surface area contributed by atoms with Crippen molar-refractivity contribution in [2.75, 3.05) is 40.0 Å². The maximum atomic E-state index is 12.1. The van der Waals surface area contributed by atoms with E-state index in [0.717, 1.165) is 52.0 Å². The Morgan fingerprint density at radius 1 is 1.26 bits per heavy atom. The van der Waals surface area contributed by atoms with Gasteiger partial charge in [0.25, 0.3) is 0 Å². The van der Waals surface area contributed by atoms with Crippen LogP contribution in [0.4, 0.5) is 13.2 Å². The van der Waals surface area contributed by atoms with Crippen LogP contribution in [0, 0.1) is 0 Å². The van der Waals surface area contributed by atoms with Crippen LogP contribution in [0.5, 0.6) is 0 Å². The monoisotopic (exact) mass is 564 g/mol. The van der Waals surface area contributed by atoms with Crippen molar-refractivity contribution in [3.63, 3.8) is 0 Å². The number of amides is 1. The molecule has 1 fully saturated rings. The van der Waals surface area contributed by atoms with E-state index in [-0.39, 0.29) is 17.8 Å². The van der Waals surface area contributed by atoms with Crippen molar-refractivity contribution in [2.24, 2.45) is 4.99 Å². The topological polar surface area (TPSA) is 77.0 Å². The fourth-order valence-electron chi connectivity index (χ4n) is 3.34. The van der Waals surface area contributed by atoms with Gasteiger partial charge in [0.2, 0.25) is 5.91 Å². The van der Waals surface area contributed by atoms with Gasteiger partial charge in [0, 0.05) is 45.9 Å². The highest BCUT2D eigenvalue weighted by molar-refractivity contribution is 6.22. The molecule has 38 heavy (non-hydrogen) atoms. The molecule has 0 spiro atoms. The molecule has 0 radical (unpaired) electrons. The van der Waals surface area contributed by atoms with Gasteiger partial charge in [-0.25, -0.2) is 0 Å². The lowest BCUT2D eigenvalue weighted by Crippen LogP contribution is -2.42. The lowest BCUT2D eigenvalue weighted by Gasteiger charge is -2.31. The van der Waals surface area contributed by atoms with Crippen molar-refractivity contribution < 1.29 is 23.1 Å². The second-order valence-electron chi connectivity index (χ2n) is 8.20. The molecule has 2 aliphatic rings. The number of carbonyl (C=O) groups excluding carboxylic acids is 1. The Hall–Kier alpha value is -1.94. The number of aliphatic hydroxyl groups excluding tert-OH is 1. The number of hydrogen-bond donors (Lipinski definition) is 3. The molecule has 3 N–H and O–H groups in total. The maximum Gasteiger partial charge on any atom is 0.416 e. The second kappa shape index (κ2) is 24.1. The molecule has 220 valence electrons. The zero-order valence-corrected chi connectivity index (χ0v) is 24.6. The van der Waals surface area contributed by atoms with Crippen LogP contribution in [0.25, 0.3) is 0 Å². The van der Waals surface area contributed by atoms with E-state index >= 15 is 0 Å². The van der Waals surface area contributed by atoms with Gasteiger partial charge in [0.15, 0.2) is 0 Å². The molecular formula is C28H48ClF3N4O2. The number of aliphatic hydroxyl groups is 1. The summed E-state index contributed by atoms with van der Waals surface area (Å²) in [6.45, 7) is 13.2. The molecule has 1 amide bonds. The number of allylic oxidation sites excluding steroid dienone is 7. The summed E-state index contributed by atoms with van der Waals surface area (Å²) in [6, 6.07) is 0.708. The van der Waals surface area contributed by atoms with E-state index in [4.69, 9.17) is 16.7 Å². The highest BCUT2D eigenvalue weighted by Crippen LogP contribution is 2.26. The lowest BCUT2D eigenvalue weighted by atomic mass is 10.1. The number of nitrogens with zero attached hydrogens (tertiary/aromatic N) is 2. The van der Waals surface area contributed by atoms with Crippen molar-refractivity contribution >= 4 is 23.7 Å². The molecule has 1 saturated heterocycles. The Morgan fingerprint density at radius 2 is 1.89 bits per heavy atom. The fraction of sp³-hybridized carbons (Fsp3) is 0.643. The van der Waals surface area contributed by atoms with Crippen molar-refractivity contribution in [1.82, 2.24) is 15.5 Å². The average Bonchev–Trinajstić information content (AvgIpc) is 2.91. The summed E-state index contributed by atoms with van der Waals surface area (Å²) in [6.07, 6.45) is 11.7. The van der Waals surface area contributed by atoms with Crippen molar-refractivity contribution in [1.29, 1.82) is 0 Å². The van der Waals surface area contributed by atoms with E-state index in [1.807, 2.05) is 26.1 Å². The number of likely N-dealkylation sites (tertiary alicyclic amines) is 1. The first-order valence-corrected chi connectivity index (χ1v) is 13.7. The van der Waals surface area contributed by atoms with Crippen molar-refractivity contribution in [3.8, 4) is 0 Å². The van der Waals surface area contributed by atoms with Crippen LogP contribution in [0.1, 0.15) is 60.3 Å². The van der Waals surface area contributed by atoms with E-state index < -0.39 is 11.7 Å². The second-order valence-corrected chi connectivity index (χ2v) is 8.76. The first-order valence-electron chi connectivity index (χ1n) is 13.2. The zero-order chi connectivity index (χ0) is 29.4. The fourth-order valence-corrected chi connectivity index (χ4v) is 3.50. The third-order valence-corrected chi connectivity index (χ3v) is 5.60. The zero-order valence-electron chi connectivity index (χ0n) is 23.8. The van der Waals surface area contributed by atoms with Gasteiger partial charge in [-0.2, -0.15) is 13.2 Å². The van der Waals surface area contributed by atoms with Crippen LogP contribution in [0.2, 0.25) is 0 Å². The molecule has 0 aromatic rings. The van der Waals surface area contributed by atoms with Crippen LogP contribution < -0.4 is 10.6 Å². The SMILES string of the molecule is C/C=C(\C=C/CNC(C)=O)C(F)(F)F.CC.CCCNC1CCN(C/N=C/C2=CCC(Cl)C=C2)CC1.CO. The van der Waals surface area contributed by atoms with E-state index in [9.17, 15) is 18.0 Å². The van der Waals surface area contributed by atoms with Gasteiger partial charge in [0.1, 0.15) is 0 Å². The van der Waals surface area contributed by atoms with Gasteiger partial charge in [-0.05, 0) is 44.7 Å². The maximum absolute atomic E-state index is 12.1. The van der Waals surface area contributed by atoms with Crippen molar-refractivity contribution in [2.45, 2.75) is 77.9 Å². The van der Waals surface area contributed by atoms with Gasteiger partial charge in [-0.15, -0.1) is 11.6 Å². The first kappa shape index (κ1) is 38.2. The van der Waals surface area contributed by atoms with Gasteiger partial charge >= 0.3 is 6.18 Å². The van der Waals surface area contributed by atoms with E-state index in [1.165, 1.54) is 44.8 Å². The van der Waals surface area contributed by atoms with Gasteiger partial charge in [-0.1, -0.05) is 57.2 Å². The number of piperidine rings is 1. The number of alkyl halides is 4. The van der Waals surface area contributed by atoms with E-state index in [0.29, 0.717) is 6.04 Å². The molecule has 1 heterocycles. The third-order valence-electron chi connectivity index (χ3n) is 5.27. The lowest BCUT2D eigenvalue weighted by molar-refractivity contribution is -0.118. The largest absolute Gasteiger partial charge is 0.416 e. The minimum atomic E-state index is -4.33. The summed E-state index contributed by atoms with van der Waals surface area (Å²) in [5.41, 5.74) is 0.462. The summed E-state index contributed by atoms with van der Waals surface area (Å²) < 4.78 is 36.3. The third kappa shape index (κ3) is 20.1. The number of carbonyl (C=O) groups is 1. The minimum Gasteiger partial charge on any atom is -0.400 e. The standard InChI is InChI=1S/C16H26ClN3.C9H12F3NO.C2H6.CH4O/c1-2-9-19-16-7-10-20(11-8-16)13-18-12-14-3-5-15(17)6-4-14;1-3-8(9(10,11)12)5-4-6-13-7(2)14;2*1-2/h3-5,12,15-16,19H,2,6-11,13H2,1H3;3-5H,6H2,1-2H3,(H,13,14);1-2H3;2H,1H3/b18-12+;5-4-,8-3+;;. The predicted octanol–water partition coefficient (Wildman–Crippen LogP) is 5.79. The van der Waals surface area contributed by atoms with Gasteiger partial charge in [0.05, 0.1) is 17.6 Å². The Morgan fingerprint density at radius 3 is 2.37 bits per heavy atom. The number of halogens is 4. The van der Waals surface area contributed by atoms with Crippen LogP contribution in [0.3, 0.4) is 0 Å². The van der Waals surface area contributed by atoms with E-state index in [1.54, 1.807) is 0 Å². The summed E-state index contributed by atoms with van der Waals surface area (Å²) in [5, 5.41) is 13.1. The first-order chi connectivity index (χ1) is 18.2. The van der Waals surface area contributed by atoms with Crippen LogP contribution in [-0.4, -0.2) is 79.7 Å². The number of rotatable bonds is 9. The van der Waals surface area contributed by atoms with Gasteiger partial charge < -0.3 is 15.7 Å². The normalized spacial score (nSPS) is 18.6. The average molecular weight is 565 g/mol. The smallest absolute Gasteiger partial charge is 0.400 e. The Kier molecular flexibility index (Phi) is 24.3. The molecular weight excluding hydrogens is 517 g/mol. The summed E-state index contributed by atoms with van der Waals surface area (Å²) >= 11 is 6.00. The van der Waals surface area contributed by atoms with Crippen LogP contribution in [0.15, 0.2) is 52.6 Å². The summed E-state index contributed by atoms with van der Waals surface area (Å²) in [5.74, 6) is -0.274. The Labute approximate surface area is 232 Å². The molecule has 0 aromatic carbocycles. The molecule has 2 rings (SSSR count). The quantitative estimate of drug-likeness (QED) is 0.188. The molecule has 0 saturated carbocycles. The van der Waals surface area contributed by atoms with Crippen molar-refractivity contribution in [3.05, 3.63) is 47.6 Å². The molecule has 6 nitrogen and oxygen atoms in total. The number of nitrogens with one attached hydrogen (secondary N) is 2.